The lowest BCUT2D eigenvalue weighted by Gasteiger charge is -2.37. The van der Waals surface area contributed by atoms with E-state index in [1.165, 1.54) is 57.0 Å². The zero-order valence-corrected chi connectivity index (χ0v) is 15.0. The Morgan fingerprint density at radius 1 is 0.947 bits per heavy atom. The lowest BCUT2D eigenvalue weighted by molar-refractivity contribution is 0.159. The van der Waals surface area contributed by atoms with Crippen LogP contribution >= 0.6 is 11.6 Å². The van der Waals surface area contributed by atoms with Gasteiger partial charge in [-0.25, -0.2) is 0 Å². The van der Waals surface area contributed by atoms with Crippen LogP contribution in [0.3, 0.4) is 0 Å². The number of alkyl halides is 1. The third-order valence-corrected chi connectivity index (χ3v) is 10.2. The molecule has 1 nitrogen and oxygen atoms in total. The first kappa shape index (κ1) is 17.5. The average molecular weight is 305 g/mol. The van der Waals surface area contributed by atoms with E-state index < -0.39 is 8.32 Å². The molecular formula is C16H33ClOSi. The molecule has 19 heavy (non-hydrogen) atoms. The first-order chi connectivity index (χ1) is 9.19. The minimum absolute atomic E-state index is 0.476. The number of hydrogen-bond acceptors (Lipinski definition) is 1. The Kier molecular flexibility index (Phi) is 8.68. The molecule has 1 aliphatic rings. The van der Waals surface area contributed by atoms with Crippen LogP contribution in [0.25, 0.3) is 0 Å². The van der Waals surface area contributed by atoms with E-state index in [-0.39, 0.29) is 0 Å². The molecule has 1 atom stereocenters. The molecular weight excluding hydrogens is 272 g/mol. The predicted molar refractivity (Wildman–Crippen MR) is 88.4 cm³/mol. The van der Waals surface area contributed by atoms with Gasteiger partial charge < -0.3 is 4.43 Å². The molecule has 0 N–H and O–H groups in total. The zero-order chi connectivity index (χ0) is 14.1. The maximum atomic E-state index is 6.62. The Morgan fingerprint density at radius 3 is 2.05 bits per heavy atom. The maximum absolute atomic E-state index is 6.62. The van der Waals surface area contributed by atoms with E-state index in [0.29, 0.717) is 6.10 Å². The summed E-state index contributed by atoms with van der Waals surface area (Å²) in [5.74, 6) is 0.887. The van der Waals surface area contributed by atoms with Crippen molar-refractivity contribution < 1.29 is 4.43 Å². The van der Waals surface area contributed by atoms with E-state index >= 15 is 0 Å². The molecule has 0 aromatic carbocycles. The number of rotatable bonds is 9. The summed E-state index contributed by atoms with van der Waals surface area (Å²) in [6.07, 6.45) is 10.9. The van der Waals surface area contributed by atoms with Gasteiger partial charge in [0, 0.05) is 11.6 Å². The van der Waals surface area contributed by atoms with Gasteiger partial charge in [0.2, 0.25) is 8.32 Å². The molecule has 114 valence electrons. The molecule has 1 aliphatic heterocycles. The Bertz CT molecular complexity index is 225. The van der Waals surface area contributed by atoms with E-state index in [9.17, 15) is 0 Å². The molecule has 0 aliphatic carbocycles. The smallest absolute Gasteiger partial charge is 0.207 e. The lowest BCUT2D eigenvalue weighted by Crippen LogP contribution is -2.45. The third kappa shape index (κ3) is 5.77. The van der Waals surface area contributed by atoms with Crippen LogP contribution in [-0.4, -0.2) is 19.9 Å². The van der Waals surface area contributed by atoms with Crippen molar-refractivity contribution >= 4 is 19.9 Å². The fourth-order valence-electron chi connectivity index (χ4n) is 3.30. The Hall–Kier alpha value is 0.467. The van der Waals surface area contributed by atoms with E-state index in [1.807, 2.05) is 0 Å². The highest BCUT2D eigenvalue weighted by Gasteiger charge is 2.37. The highest BCUT2D eigenvalue weighted by atomic mass is 35.5. The Balaban J connectivity index is 2.45. The zero-order valence-electron chi connectivity index (χ0n) is 13.2. The highest BCUT2D eigenvalue weighted by Crippen LogP contribution is 2.33. The van der Waals surface area contributed by atoms with Crippen LogP contribution in [0.5, 0.6) is 0 Å². The van der Waals surface area contributed by atoms with Gasteiger partial charge in [0.25, 0.3) is 0 Å². The largest absolute Gasteiger partial charge is 0.413 e. The molecule has 0 saturated carbocycles. The van der Waals surface area contributed by atoms with Gasteiger partial charge in [-0.15, -0.1) is 11.6 Å². The monoisotopic (exact) mass is 304 g/mol. The van der Waals surface area contributed by atoms with Crippen molar-refractivity contribution in [3.63, 3.8) is 0 Å². The number of halogens is 1. The molecule has 0 amide bonds. The van der Waals surface area contributed by atoms with Crippen molar-refractivity contribution in [2.24, 2.45) is 5.92 Å². The summed E-state index contributed by atoms with van der Waals surface area (Å²) in [5, 5.41) is 0. The summed E-state index contributed by atoms with van der Waals surface area (Å²) in [5.41, 5.74) is 0.814. The van der Waals surface area contributed by atoms with E-state index in [0.717, 1.165) is 17.8 Å². The molecule has 1 unspecified atom stereocenters. The fourth-order valence-corrected chi connectivity index (χ4v) is 7.88. The van der Waals surface area contributed by atoms with Gasteiger partial charge >= 0.3 is 0 Å². The normalized spacial score (nSPS) is 20.7. The fraction of sp³-hybridized carbons (Fsp3) is 1.00. The average Bonchev–Trinajstić information content (AvgIpc) is 2.48. The van der Waals surface area contributed by atoms with Crippen LogP contribution in [0.15, 0.2) is 0 Å². The molecule has 1 fully saturated rings. The van der Waals surface area contributed by atoms with Gasteiger partial charge in [0.05, 0.1) is 0 Å². The second-order valence-corrected chi connectivity index (χ2v) is 11.0. The lowest BCUT2D eigenvalue weighted by atomic mass is 9.95. The minimum Gasteiger partial charge on any atom is -0.413 e. The van der Waals surface area contributed by atoms with Gasteiger partial charge in [-0.3, -0.25) is 0 Å². The summed E-state index contributed by atoms with van der Waals surface area (Å²) < 4.78 is 6.62. The van der Waals surface area contributed by atoms with Crippen LogP contribution in [-0.2, 0) is 4.43 Å². The summed E-state index contributed by atoms with van der Waals surface area (Å²) in [6, 6.07) is 2.61. The van der Waals surface area contributed by atoms with Gasteiger partial charge in [-0.1, -0.05) is 52.9 Å². The van der Waals surface area contributed by atoms with Crippen LogP contribution < -0.4 is 0 Å². The molecule has 1 heterocycles. The topological polar surface area (TPSA) is 9.23 Å². The summed E-state index contributed by atoms with van der Waals surface area (Å²) >= 11 is 6.29. The third-order valence-electron chi connectivity index (χ3n) is 4.93. The summed E-state index contributed by atoms with van der Waals surface area (Å²) in [7, 11) is -1.57. The second kappa shape index (κ2) is 9.41. The molecule has 1 rings (SSSR count). The maximum Gasteiger partial charge on any atom is 0.207 e. The van der Waals surface area contributed by atoms with Crippen LogP contribution in [0.4, 0.5) is 0 Å². The first-order valence-electron chi connectivity index (χ1n) is 8.43. The predicted octanol–water partition coefficient (Wildman–Crippen LogP) is 5.91. The molecule has 0 spiro atoms. The molecule has 0 aromatic rings. The second-order valence-electron chi connectivity index (χ2n) is 6.29. The molecule has 0 bridgehead atoms. The molecule has 0 aromatic heterocycles. The van der Waals surface area contributed by atoms with Crippen LogP contribution in [0.2, 0.25) is 12.1 Å². The van der Waals surface area contributed by atoms with E-state index in [1.54, 1.807) is 0 Å². The Morgan fingerprint density at radius 2 is 1.58 bits per heavy atom. The van der Waals surface area contributed by atoms with Crippen LogP contribution in [0.1, 0.15) is 72.1 Å². The number of hydrogen-bond donors (Lipinski definition) is 0. The standard InChI is InChI=1S/C16H33ClOSi/c1-4-15(5-2)10-11-16(6-3)18-19(14-17)12-8-7-9-13-19/h15-16H,4-14H2,1-3H3. The van der Waals surface area contributed by atoms with Gasteiger partial charge in [-0.2, -0.15) is 0 Å². The van der Waals surface area contributed by atoms with Crippen molar-refractivity contribution in [1.29, 1.82) is 0 Å². The van der Waals surface area contributed by atoms with Crippen molar-refractivity contribution in [1.82, 2.24) is 0 Å². The van der Waals surface area contributed by atoms with Gasteiger partial charge in [0.1, 0.15) is 0 Å². The SMILES string of the molecule is CCC(CC)CCC(CC)O[Si]1(CCl)CCCCC1. The van der Waals surface area contributed by atoms with Gasteiger partial charge in [0.15, 0.2) is 0 Å². The first-order valence-corrected chi connectivity index (χ1v) is 11.5. The minimum atomic E-state index is -1.57. The van der Waals surface area contributed by atoms with Crippen molar-refractivity contribution in [3.8, 4) is 0 Å². The van der Waals surface area contributed by atoms with E-state index in [2.05, 4.69) is 20.8 Å². The molecule has 0 radical (unpaired) electrons. The summed E-state index contributed by atoms with van der Waals surface area (Å²) in [6.45, 7) is 6.90. The molecule has 1 saturated heterocycles. The van der Waals surface area contributed by atoms with Crippen molar-refractivity contribution in [3.05, 3.63) is 0 Å². The van der Waals surface area contributed by atoms with Crippen molar-refractivity contribution in [2.45, 2.75) is 90.3 Å². The quantitative estimate of drug-likeness (QED) is 0.380. The Labute approximate surface area is 126 Å². The van der Waals surface area contributed by atoms with Crippen molar-refractivity contribution in [2.75, 3.05) is 5.50 Å². The van der Waals surface area contributed by atoms with Crippen LogP contribution in [0, 0.1) is 5.92 Å². The highest BCUT2D eigenvalue weighted by molar-refractivity contribution is 6.80. The summed E-state index contributed by atoms with van der Waals surface area (Å²) in [4.78, 5) is 0. The molecule has 3 heteroatoms. The van der Waals surface area contributed by atoms with E-state index in [4.69, 9.17) is 16.0 Å². The van der Waals surface area contributed by atoms with Gasteiger partial charge in [-0.05, 0) is 37.3 Å².